The Balaban J connectivity index is 2.36. The summed E-state index contributed by atoms with van der Waals surface area (Å²) in [6, 6.07) is 3.84. The third-order valence-corrected chi connectivity index (χ3v) is 2.59. The van der Waals surface area contributed by atoms with Crippen molar-refractivity contribution in [2.45, 2.75) is 45.9 Å². The van der Waals surface area contributed by atoms with E-state index in [0.29, 0.717) is 13.2 Å². The second kappa shape index (κ2) is 8.29. The highest BCUT2D eigenvalue weighted by Crippen LogP contribution is 2.07. The highest BCUT2D eigenvalue weighted by atomic mass is 16.5. The minimum atomic E-state index is -0.450. The molecule has 18 heavy (non-hydrogen) atoms. The molecule has 0 radical (unpaired) electrons. The molecule has 1 aromatic rings. The van der Waals surface area contributed by atoms with Gasteiger partial charge < -0.3 is 14.3 Å². The molecule has 1 aromatic heterocycles. The average Bonchev–Trinajstić information content (AvgIpc) is 2.79. The van der Waals surface area contributed by atoms with Gasteiger partial charge in [-0.05, 0) is 38.9 Å². The van der Waals surface area contributed by atoms with Gasteiger partial charge in [0.2, 0.25) is 0 Å². The van der Waals surface area contributed by atoms with Gasteiger partial charge in [-0.3, -0.25) is 4.90 Å². The first-order valence-corrected chi connectivity index (χ1v) is 6.66. The summed E-state index contributed by atoms with van der Waals surface area (Å²) in [6.45, 7) is 8.75. The SMILES string of the molecule is CCCN(Cc1ccco1)C[C@H](O)COC(C)C. The fourth-order valence-electron chi connectivity index (χ4n) is 1.83. The lowest BCUT2D eigenvalue weighted by atomic mass is 10.3. The van der Waals surface area contributed by atoms with Crippen LogP contribution in [0, 0.1) is 0 Å². The lowest BCUT2D eigenvalue weighted by molar-refractivity contribution is -0.0102. The molecular weight excluding hydrogens is 230 g/mol. The third-order valence-electron chi connectivity index (χ3n) is 2.59. The van der Waals surface area contributed by atoms with Gasteiger partial charge in [-0.25, -0.2) is 0 Å². The van der Waals surface area contributed by atoms with Crippen molar-refractivity contribution in [3.05, 3.63) is 24.2 Å². The third kappa shape index (κ3) is 6.19. The number of rotatable bonds is 9. The van der Waals surface area contributed by atoms with E-state index in [-0.39, 0.29) is 6.10 Å². The summed E-state index contributed by atoms with van der Waals surface area (Å²) in [5.41, 5.74) is 0. The second-order valence-corrected chi connectivity index (χ2v) is 4.85. The molecule has 4 heteroatoms. The Bertz CT molecular complexity index is 298. The molecule has 0 unspecified atom stereocenters. The van der Waals surface area contributed by atoms with Gasteiger partial charge in [0.15, 0.2) is 0 Å². The van der Waals surface area contributed by atoms with Crippen LogP contribution in [0.4, 0.5) is 0 Å². The zero-order valence-electron chi connectivity index (χ0n) is 11.6. The summed E-state index contributed by atoms with van der Waals surface area (Å²) in [7, 11) is 0. The van der Waals surface area contributed by atoms with Crippen LogP contribution in [-0.2, 0) is 11.3 Å². The molecule has 0 spiro atoms. The minimum absolute atomic E-state index is 0.157. The maximum atomic E-state index is 9.93. The van der Waals surface area contributed by atoms with E-state index in [0.717, 1.165) is 25.3 Å². The van der Waals surface area contributed by atoms with E-state index >= 15 is 0 Å². The zero-order chi connectivity index (χ0) is 13.4. The quantitative estimate of drug-likeness (QED) is 0.735. The average molecular weight is 255 g/mol. The second-order valence-electron chi connectivity index (χ2n) is 4.85. The highest BCUT2D eigenvalue weighted by Gasteiger charge is 2.13. The van der Waals surface area contributed by atoms with Gasteiger partial charge in [-0.1, -0.05) is 6.92 Å². The van der Waals surface area contributed by atoms with Gasteiger partial charge in [0.1, 0.15) is 5.76 Å². The molecule has 1 heterocycles. The maximum Gasteiger partial charge on any atom is 0.117 e. The van der Waals surface area contributed by atoms with E-state index in [9.17, 15) is 5.11 Å². The molecule has 0 bridgehead atoms. The van der Waals surface area contributed by atoms with Crippen LogP contribution in [0.2, 0.25) is 0 Å². The minimum Gasteiger partial charge on any atom is -0.468 e. The normalized spacial score (nSPS) is 13.4. The first kappa shape index (κ1) is 15.2. The number of ether oxygens (including phenoxy) is 1. The van der Waals surface area contributed by atoms with E-state index in [1.165, 1.54) is 0 Å². The summed E-state index contributed by atoms with van der Waals surface area (Å²) < 4.78 is 10.8. The molecular formula is C14H25NO3. The highest BCUT2D eigenvalue weighted by molar-refractivity contribution is 4.97. The molecule has 0 amide bonds. The first-order chi connectivity index (χ1) is 8.61. The van der Waals surface area contributed by atoms with Gasteiger partial charge in [0.25, 0.3) is 0 Å². The van der Waals surface area contributed by atoms with Crippen molar-refractivity contribution in [3.8, 4) is 0 Å². The van der Waals surface area contributed by atoms with Crippen LogP contribution in [0.15, 0.2) is 22.8 Å². The van der Waals surface area contributed by atoms with Gasteiger partial charge in [0, 0.05) is 6.54 Å². The largest absolute Gasteiger partial charge is 0.468 e. The Hall–Kier alpha value is -0.840. The predicted molar refractivity (Wildman–Crippen MR) is 71.4 cm³/mol. The standard InChI is InChI=1S/C14H25NO3/c1-4-7-15(10-14-6-5-8-17-14)9-13(16)11-18-12(2)3/h5-6,8,12-13,16H,4,7,9-11H2,1-3H3/t13-/m0/s1. The summed E-state index contributed by atoms with van der Waals surface area (Å²) >= 11 is 0. The van der Waals surface area contributed by atoms with E-state index in [4.69, 9.17) is 9.15 Å². The molecule has 0 aliphatic rings. The van der Waals surface area contributed by atoms with Crippen LogP contribution < -0.4 is 0 Å². The van der Waals surface area contributed by atoms with Gasteiger partial charge in [-0.15, -0.1) is 0 Å². The molecule has 0 saturated carbocycles. The van der Waals surface area contributed by atoms with E-state index in [1.807, 2.05) is 26.0 Å². The van der Waals surface area contributed by atoms with E-state index < -0.39 is 6.10 Å². The molecule has 0 aromatic carbocycles. The van der Waals surface area contributed by atoms with Crippen molar-refractivity contribution in [2.75, 3.05) is 19.7 Å². The zero-order valence-corrected chi connectivity index (χ0v) is 11.6. The summed E-state index contributed by atoms with van der Waals surface area (Å²) in [4.78, 5) is 2.19. The van der Waals surface area contributed by atoms with Crippen LogP contribution in [-0.4, -0.2) is 41.9 Å². The molecule has 0 aliphatic heterocycles. The first-order valence-electron chi connectivity index (χ1n) is 6.66. The van der Waals surface area contributed by atoms with Crippen molar-refractivity contribution < 1.29 is 14.3 Å². The number of nitrogens with zero attached hydrogens (tertiary/aromatic N) is 1. The fraction of sp³-hybridized carbons (Fsp3) is 0.714. The number of hydrogen-bond donors (Lipinski definition) is 1. The molecule has 0 aliphatic carbocycles. The van der Waals surface area contributed by atoms with Crippen LogP contribution >= 0.6 is 0 Å². The number of furan rings is 1. The van der Waals surface area contributed by atoms with Crippen LogP contribution in [0.3, 0.4) is 0 Å². The van der Waals surface area contributed by atoms with Gasteiger partial charge >= 0.3 is 0 Å². The molecule has 1 rings (SSSR count). The Labute approximate surface area is 110 Å². The fourth-order valence-corrected chi connectivity index (χ4v) is 1.83. The van der Waals surface area contributed by atoms with Crippen molar-refractivity contribution in [1.29, 1.82) is 0 Å². The summed E-state index contributed by atoms with van der Waals surface area (Å²) in [5.74, 6) is 0.931. The molecule has 0 saturated heterocycles. The van der Waals surface area contributed by atoms with Gasteiger partial charge in [0.05, 0.1) is 31.6 Å². The van der Waals surface area contributed by atoms with E-state index in [2.05, 4.69) is 11.8 Å². The van der Waals surface area contributed by atoms with Crippen molar-refractivity contribution in [2.24, 2.45) is 0 Å². The summed E-state index contributed by atoms with van der Waals surface area (Å²) in [5, 5.41) is 9.93. The van der Waals surface area contributed by atoms with Crippen LogP contribution in [0.25, 0.3) is 0 Å². The van der Waals surface area contributed by atoms with Crippen LogP contribution in [0.1, 0.15) is 33.0 Å². The summed E-state index contributed by atoms with van der Waals surface area (Å²) in [6.07, 6.45) is 2.44. The van der Waals surface area contributed by atoms with Crippen LogP contribution in [0.5, 0.6) is 0 Å². The monoisotopic (exact) mass is 255 g/mol. The Morgan fingerprint density at radius 2 is 2.22 bits per heavy atom. The molecule has 4 nitrogen and oxygen atoms in total. The Morgan fingerprint density at radius 3 is 2.78 bits per heavy atom. The smallest absolute Gasteiger partial charge is 0.117 e. The molecule has 1 N–H and O–H groups in total. The van der Waals surface area contributed by atoms with Crippen molar-refractivity contribution in [1.82, 2.24) is 4.90 Å². The Morgan fingerprint density at radius 1 is 1.44 bits per heavy atom. The molecule has 0 fully saturated rings. The van der Waals surface area contributed by atoms with E-state index in [1.54, 1.807) is 6.26 Å². The lowest BCUT2D eigenvalue weighted by Crippen LogP contribution is -2.35. The van der Waals surface area contributed by atoms with Crippen molar-refractivity contribution >= 4 is 0 Å². The number of hydrogen-bond acceptors (Lipinski definition) is 4. The van der Waals surface area contributed by atoms with Crippen molar-refractivity contribution in [3.63, 3.8) is 0 Å². The molecule has 104 valence electrons. The molecule has 1 atom stereocenters. The lowest BCUT2D eigenvalue weighted by Gasteiger charge is -2.24. The van der Waals surface area contributed by atoms with Gasteiger partial charge in [-0.2, -0.15) is 0 Å². The number of aliphatic hydroxyl groups is 1. The predicted octanol–water partition coefficient (Wildman–Crippen LogP) is 2.28. The maximum absolute atomic E-state index is 9.93. The number of aliphatic hydroxyl groups excluding tert-OH is 1. The Kier molecular flexibility index (Phi) is 7.01. The topological polar surface area (TPSA) is 45.8 Å².